The van der Waals surface area contributed by atoms with Crippen molar-refractivity contribution in [3.05, 3.63) is 66.2 Å². The predicted molar refractivity (Wildman–Crippen MR) is 100 cm³/mol. The first-order valence-corrected chi connectivity index (χ1v) is 9.02. The Hall–Kier alpha value is -2.46. The van der Waals surface area contributed by atoms with E-state index in [0.717, 1.165) is 42.3 Å². The zero-order chi connectivity index (χ0) is 17.1. The molecule has 0 saturated heterocycles. The minimum atomic E-state index is -0.778. The monoisotopic (exact) mass is 333 g/mol. The fraction of sp³-hybridized carbons (Fsp3) is 0.333. The van der Waals surface area contributed by atoms with Gasteiger partial charge in [-0.15, -0.1) is 5.10 Å². The van der Waals surface area contributed by atoms with E-state index in [9.17, 15) is 5.11 Å². The highest BCUT2D eigenvalue weighted by molar-refractivity contribution is 5.74. The highest BCUT2D eigenvalue weighted by atomic mass is 16.3. The number of rotatable bonds is 4. The molecule has 0 aliphatic heterocycles. The van der Waals surface area contributed by atoms with Crippen LogP contribution in [0.25, 0.3) is 17.1 Å². The number of fused-ring (bicyclic) bond motifs is 1. The number of benzene rings is 2. The summed E-state index contributed by atoms with van der Waals surface area (Å²) < 4.78 is 1.89. The molecule has 0 radical (unpaired) electrons. The fourth-order valence-electron chi connectivity index (χ4n) is 3.81. The SMILES string of the molecule is OC1(C(C=Cc2ccccc2)n2nnc3ccccc32)CCCCC1. The molecule has 2 aromatic carbocycles. The van der Waals surface area contributed by atoms with Crippen LogP contribution in [0.15, 0.2) is 60.7 Å². The molecular weight excluding hydrogens is 310 g/mol. The molecule has 1 saturated carbocycles. The van der Waals surface area contributed by atoms with Crippen molar-refractivity contribution in [2.75, 3.05) is 0 Å². The van der Waals surface area contributed by atoms with Gasteiger partial charge in [0.15, 0.2) is 0 Å². The Balaban J connectivity index is 1.77. The van der Waals surface area contributed by atoms with Crippen LogP contribution in [0.1, 0.15) is 43.7 Å². The maximum Gasteiger partial charge on any atom is 0.113 e. The van der Waals surface area contributed by atoms with Gasteiger partial charge in [-0.1, -0.05) is 79.1 Å². The Morgan fingerprint density at radius 1 is 0.960 bits per heavy atom. The molecule has 25 heavy (non-hydrogen) atoms. The number of aliphatic hydroxyl groups is 1. The van der Waals surface area contributed by atoms with Crippen molar-refractivity contribution in [2.45, 2.75) is 43.7 Å². The van der Waals surface area contributed by atoms with Crippen LogP contribution in [0, 0.1) is 0 Å². The quantitative estimate of drug-likeness (QED) is 0.771. The average Bonchev–Trinajstić information content (AvgIpc) is 3.07. The summed E-state index contributed by atoms with van der Waals surface area (Å²) in [6, 6.07) is 17.9. The average molecular weight is 333 g/mol. The van der Waals surface area contributed by atoms with Crippen molar-refractivity contribution in [3.63, 3.8) is 0 Å². The Morgan fingerprint density at radius 2 is 1.68 bits per heavy atom. The molecule has 128 valence electrons. The normalized spacial score (nSPS) is 18.6. The molecule has 1 fully saturated rings. The second-order valence-corrected chi connectivity index (χ2v) is 6.90. The number of nitrogens with zero attached hydrogens (tertiary/aromatic N) is 3. The van der Waals surface area contributed by atoms with Crippen molar-refractivity contribution < 1.29 is 5.11 Å². The van der Waals surface area contributed by atoms with Gasteiger partial charge in [0.2, 0.25) is 0 Å². The van der Waals surface area contributed by atoms with Gasteiger partial charge < -0.3 is 5.11 Å². The van der Waals surface area contributed by atoms with Gasteiger partial charge in [-0.2, -0.15) is 0 Å². The van der Waals surface area contributed by atoms with E-state index >= 15 is 0 Å². The van der Waals surface area contributed by atoms with E-state index in [1.54, 1.807) is 0 Å². The van der Waals surface area contributed by atoms with Crippen molar-refractivity contribution in [2.24, 2.45) is 0 Å². The standard InChI is InChI=1S/C21H23N3O/c25-21(15-7-2-8-16-21)20(14-13-17-9-3-1-4-10-17)24-19-12-6-5-11-18(19)22-23-24/h1,3-6,9-14,20,25H,2,7-8,15-16H2. The number of aromatic nitrogens is 3. The van der Waals surface area contributed by atoms with Gasteiger partial charge in [-0.3, -0.25) is 0 Å². The lowest BCUT2D eigenvalue weighted by molar-refractivity contribution is -0.0302. The van der Waals surface area contributed by atoms with Gasteiger partial charge in [0, 0.05) is 0 Å². The summed E-state index contributed by atoms with van der Waals surface area (Å²) in [6.45, 7) is 0. The zero-order valence-electron chi connectivity index (χ0n) is 14.3. The number of hydrogen-bond donors (Lipinski definition) is 1. The van der Waals surface area contributed by atoms with Crippen LogP contribution in [0.2, 0.25) is 0 Å². The van der Waals surface area contributed by atoms with Crippen LogP contribution in [0.5, 0.6) is 0 Å². The van der Waals surface area contributed by atoms with Crippen LogP contribution in [0.3, 0.4) is 0 Å². The minimum Gasteiger partial charge on any atom is -0.387 e. The molecule has 4 heteroatoms. The van der Waals surface area contributed by atoms with E-state index in [4.69, 9.17) is 0 Å². The molecule has 1 heterocycles. The largest absolute Gasteiger partial charge is 0.387 e. The van der Waals surface area contributed by atoms with Gasteiger partial charge in [-0.25, -0.2) is 4.68 Å². The number of para-hydroxylation sites is 1. The van der Waals surface area contributed by atoms with Crippen LogP contribution >= 0.6 is 0 Å². The molecule has 4 nitrogen and oxygen atoms in total. The first-order chi connectivity index (χ1) is 12.3. The Kier molecular flexibility index (Phi) is 4.36. The van der Waals surface area contributed by atoms with Crippen molar-refractivity contribution >= 4 is 17.1 Å². The predicted octanol–water partition coefficient (Wildman–Crippen LogP) is 4.38. The summed E-state index contributed by atoms with van der Waals surface area (Å²) in [5, 5.41) is 20.1. The van der Waals surface area contributed by atoms with E-state index in [2.05, 4.69) is 34.6 Å². The molecule has 1 atom stereocenters. The fourth-order valence-corrected chi connectivity index (χ4v) is 3.81. The van der Waals surface area contributed by atoms with Crippen molar-refractivity contribution in [1.82, 2.24) is 15.0 Å². The highest BCUT2D eigenvalue weighted by Crippen LogP contribution is 2.39. The molecule has 4 rings (SSSR count). The lowest BCUT2D eigenvalue weighted by Crippen LogP contribution is -2.40. The van der Waals surface area contributed by atoms with Crippen LogP contribution in [-0.4, -0.2) is 25.7 Å². The van der Waals surface area contributed by atoms with E-state index in [1.807, 2.05) is 47.1 Å². The summed E-state index contributed by atoms with van der Waals surface area (Å²) in [6.07, 6.45) is 9.05. The van der Waals surface area contributed by atoms with Gasteiger partial charge in [-0.05, 0) is 30.5 Å². The van der Waals surface area contributed by atoms with Gasteiger partial charge >= 0.3 is 0 Å². The van der Waals surface area contributed by atoms with E-state index in [-0.39, 0.29) is 6.04 Å². The second-order valence-electron chi connectivity index (χ2n) is 6.90. The Morgan fingerprint density at radius 3 is 2.48 bits per heavy atom. The molecule has 0 spiro atoms. The molecular formula is C21H23N3O. The highest BCUT2D eigenvalue weighted by Gasteiger charge is 2.38. The Bertz CT molecular complexity index is 863. The molecule has 1 aliphatic carbocycles. The summed E-state index contributed by atoms with van der Waals surface area (Å²) in [5.41, 5.74) is 2.17. The second kappa shape index (κ2) is 6.81. The summed E-state index contributed by atoms with van der Waals surface area (Å²) >= 11 is 0. The third kappa shape index (κ3) is 3.22. The van der Waals surface area contributed by atoms with E-state index in [1.165, 1.54) is 6.42 Å². The van der Waals surface area contributed by atoms with Crippen LogP contribution < -0.4 is 0 Å². The van der Waals surface area contributed by atoms with Gasteiger partial charge in [0.05, 0.1) is 11.1 Å². The van der Waals surface area contributed by atoms with Crippen molar-refractivity contribution in [3.8, 4) is 0 Å². The molecule has 0 bridgehead atoms. The third-order valence-electron chi connectivity index (χ3n) is 5.18. The minimum absolute atomic E-state index is 0.222. The third-order valence-corrected chi connectivity index (χ3v) is 5.18. The molecule has 1 aliphatic rings. The maximum absolute atomic E-state index is 11.4. The molecule has 1 N–H and O–H groups in total. The van der Waals surface area contributed by atoms with Gasteiger partial charge in [0.25, 0.3) is 0 Å². The van der Waals surface area contributed by atoms with E-state index < -0.39 is 5.60 Å². The summed E-state index contributed by atoms with van der Waals surface area (Å²) in [7, 11) is 0. The lowest BCUT2D eigenvalue weighted by Gasteiger charge is -2.37. The van der Waals surface area contributed by atoms with E-state index in [0.29, 0.717) is 0 Å². The molecule has 1 aromatic heterocycles. The first kappa shape index (κ1) is 16.0. The zero-order valence-corrected chi connectivity index (χ0v) is 14.3. The Labute approximate surface area is 147 Å². The van der Waals surface area contributed by atoms with Crippen molar-refractivity contribution in [1.29, 1.82) is 0 Å². The molecule has 1 unspecified atom stereocenters. The molecule has 0 amide bonds. The van der Waals surface area contributed by atoms with Gasteiger partial charge in [0.1, 0.15) is 11.6 Å². The maximum atomic E-state index is 11.4. The summed E-state index contributed by atoms with van der Waals surface area (Å²) in [4.78, 5) is 0. The number of hydrogen-bond acceptors (Lipinski definition) is 3. The van der Waals surface area contributed by atoms with Crippen LogP contribution in [-0.2, 0) is 0 Å². The smallest absolute Gasteiger partial charge is 0.113 e. The summed E-state index contributed by atoms with van der Waals surface area (Å²) in [5.74, 6) is 0. The topological polar surface area (TPSA) is 50.9 Å². The first-order valence-electron chi connectivity index (χ1n) is 9.02. The molecule has 3 aromatic rings. The van der Waals surface area contributed by atoms with Crippen LogP contribution in [0.4, 0.5) is 0 Å². The lowest BCUT2D eigenvalue weighted by atomic mass is 9.79.